The molecule has 0 aliphatic heterocycles. The molecule has 1 aliphatic rings. The second-order valence-electron chi connectivity index (χ2n) is 5.90. The minimum atomic E-state index is -0.228. The molecule has 1 aromatic carbocycles. The summed E-state index contributed by atoms with van der Waals surface area (Å²) in [5.41, 5.74) is 0.731. The average molecular weight is 346 g/mol. The number of rotatable bonds is 6. The van der Waals surface area contributed by atoms with Gasteiger partial charge in [-0.2, -0.15) is 0 Å². The first kappa shape index (κ1) is 16.7. The molecule has 128 valence electrons. The van der Waals surface area contributed by atoms with E-state index in [1.165, 1.54) is 12.8 Å². The number of hydrogen-bond acceptors (Lipinski definition) is 5. The number of ether oxygens (including phenoxy) is 1. The summed E-state index contributed by atoms with van der Waals surface area (Å²) in [5.74, 6) is 0.809. The second kappa shape index (κ2) is 8.10. The van der Waals surface area contributed by atoms with Crippen LogP contribution in [0.15, 0.2) is 24.3 Å². The maximum Gasteiger partial charge on any atom is 0.319 e. The molecule has 2 N–H and O–H groups in total. The van der Waals surface area contributed by atoms with Gasteiger partial charge in [0, 0.05) is 24.7 Å². The number of carbonyl (C=O) groups excluding carboxylic acids is 1. The van der Waals surface area contributed by atoms with E-state index in [1.54, 1.807) is 11.3 Å². The van der Waals surface area contributed by atoms with Gasteiger partial charge in [-0.15, -0.1) is 21.5 Å². The predicted octanol–water partition coefficient (Wildman–Crippen LogP) is 3.53. The van der Waals surface area contributed by atoms with Crippen LogP contribution < -0.4 is 15.4 Å². The molecule has 1 aliphatic carbocycles. The number of benzene rings is 1. The Bertz CT molecular complexity index is 683. The average Bonchev–Trinajstić information content (AvgIpc) is 3.19. The zero-order chi connectivity index (χ0) is 16.8. The van der Waals surface area contributed by atoms with Crippen LogP contribution in [0.4, 0.5) is 10.5 Å². The third kappa shape index (κ3) is 4.92. The first-order valence-electron chi connectivity index (χ1n) is 8.29. The van der Waals surface area contributed by atoms with Crippen LogP contribution in [0.1, 0.15) is 35.7 Å². The van der Waals surface area contributed by atoms with Crippen LogP contribution in [0.2, 0.25) is 0 Å². The highest BCUT2D eigenvalue weighted by molar-refractivity contribution is 7.11. The van der Waals surface area contributed by atoms with Gasteiger partial charge in [0.25, 0.3) is 0 Å². The molecule has 0 radical (unpaired) electrons. The van der Waals surface area contributed by atoms with Gasteiger partial charge in [-0.25, -0.2) is 4.79 Å². The summed E-state index contributed by atoms with van der Waals surface area (Å²) in [4.78, 5) is 12.0. The standard InChI is InChI=1S/C17H22N4O2S/c1-12-20-21-16(24-12)9-10-18-17(22)19-13-5-4-8-15(11-13)23-14-6-2-3-7-14/h4-5,8,11,14H,2-3,6-7,9-10H2,1H3,(H2,18,19,22). The van der Waals surface area contributed by atoms with E-state index >= 15 is 0 Å². The molecule has 2 amide bonds. The van der Waals surface area contributed by atoms with Crippen LogP contribution in [-0.2, 0) is 6.42 Å². The second-order valence-corrected chi connectivity index (χ2v) is 7.16. The first-order chi connectivity index (χ1) is 11.7. The highest BCUT2D eigenvalue weighted by Gasteiger charge is 2.16. The maximum absolute atomic E-state index is 12.0. The fraction of sp³-hybridized carbons (Fsp3) is 0.471. The number of urea groups is 1. The molecule has 1 fully saturated rings. The number of aromatic nitrogens is 2. The Kier molecular flexibility index (Phi) is 5.63. The van der Waals surface area contributed by atoms with Crippen molar-refractivity contribution in [1.82, 2.24) is 15.5 Å². The van der Waals surface area contributed by atoms with Gasteiger partial charge in [0.2, 0.25) is 0 Å². The van der Waals surface area contributed by atoms with Crippen LogP contribution in [0.25, 0.3) is 0 Å². The number of nitrogens with one attached hydrogen (secondary N) is 2. The lowest BCUT2D eigenvalue weighted by atomic mass is 10.2. The predicted molar refractivity (Wildman–Crippen MR) is 94.7 cm³/mol. The lowest BCUT2D eigenvalue weighted by molar-refractivity contribution is 0.210. The van der Waals surface area contributed by atoms with E-state index in [9.17, 15) is 4.79 Å². The molecular weight excluding hydrogens is 324 g/mol. The van der Waals surface area contributed by atoms with Crippen LogP contribution in [0.5, 0.6) is 5.75 Å². The lowest BCUT2D eigenvalue weighted by Gasteiger charge is -2.14. The molecule has 3 rings (SSSR count). The van der Waals surface area contributed by atoms with E-state index in [2.05, 4.69) is 20.8 Å². The maximum atomic E-state index is 12.0. The van der Waals surface area contributed by atoms with Gasteiger partial charge < -0.3 is 15.4 Å². The highest BCUT2D eigenvalue weighted by atomic mass is 32.1. The van der Waals surface area contributed by atoms with Gasteiger partial charge in [0.15, 0.2) is 0 Å². The smallest absolute Gasteiger partial charge is 0.319 e. The summed E-state index contributed by atoms with van der Waals surface area (Å²) in [6, 6.07) is 7.32. The van der Waals surface area contributed by atoms with E-state index in [1.807, 2.05) is 31.2 Å². The van der Waals surface area contributed by atoms with E-state index in [0.717, 1.165) is 34.3 Å². The summed E-state index contributed by atoms with van der Waals surface area (Å²) in [5, 5.41) is 15.5. The molecule has 7 heteroatoms. The Labute approximate surface area is 145 Å². The van der Waals surface area contributed by atoms with E-state index in [-0.39, 0.29) is 6.03 Å². The van der Waals surface area contributed by atoms with Crippen LogP contribution in [-0.4, -0.2) is 28.9 Å². The van der Waals surface area contributed by atoms with Crippen molar-refractivity contribution < 1.29 is 9.53 Å². The zero-order valence-electron chi connectivity index (χ0n) is 13.7. The largest absolute Gasteiger partial charge is 0.490 e. The van der Waals surface area contributed by atoms with Crippen LogP contribution in [0, 0.1) is 6.92 Å². The number of hydrogen-bond donors (Lipinski definition) is 2. The van der Waals surface area contributed by atoms with Crippen molar-refractivity contribution in [2.24, 2.45) is 0 Å². The van der Waals surface area contributed by atoms with Gasteiger partial charge in [0.1, 0.15) is 15.8 Å². The molecule has 24 heavy (non-hydrogen) atoms. The number of amides is 2. The van der Waals surface area contributed by atoms with Crippen molar-refractivity contribution in [1.29, 1.82) is 0 Å². The number of aryl methyl sites for hydroxylation is 1. The Morgan fingerprint density at radius 1 is 1.33 bits per heavy atom. The third-order valence-corrected chi connectivity index (χ3v) is 4.79. The summed E-state index contributed by atoms with van der Waals surface area (Å²) in [7, 11) is 0. The molecule has 0 bridgehead atoms. The molecule has 1 saturated carbocycles. The van der Waals surface area contributed by atoms with Gasteiger partial charge in [-0.3, -0.25) is 0 Å². The van der Waals surface area contributed by atoms with Gasteiger partial charge in [0.05, 0.1) is 6.10 Å². The van der Waals surface area contributed by atoms with E-state index in [4.69, 9.17) is 4.74 Å². The number of nitrogens with zero attached hydrogens (tertiary/aromatic N) is 2. The minimum Gasteiger partial charge on any atom is -0.490 e. The molecule has 1 aromatic heterocycles. The summed E-state index contributed by atoms with van der Waals surface area (Å²) in [6.45, 7) is 2.45. The molecule has 1 heterocycles. The Morgan fingerprint density at radius 2 is 2.17 bits per heavy atom. The van der Waals surface area contributed by atoms with Gasteiger partial charge in [-0.05, 0) is 44.7 Å². The van der Waals surface area contributed by atoms with E-state index < -0.39 is 0 Å². The SMILES string of the molecule is Cc1nnc(CCNC(=O)Nc2cccc(OC3CCCC3)c2)s1. The molecular formula is C17H22N4O2S. The number of anilines is 1. The summed E-state index contributed by atoms with van der Waals surface area (Å²) in [6.07, 6.45) is 5.69. The third-order valence-electron chi connectivity index (χ3n) is 3.89. The Balaban J connectivity index is 1.45. The van der Waals surface area contributed by atoms with Gasteiger partial charge >= 0.3 is 6.03 Å². The van der Waals surface area contributed by atoms with Crippen LogP contribution in [0.3, 0.4) is 0 Å². The molecule has 0 saturated heterocycles. The zero-order valence-corrected chi connectivity index (χ0v) is 14.6. The summed E-state index contributed by atoms with van der Waals surface area (Å²) >= 11 is 1.55. The van der Waals surface area contributed by atoms with Crippen molar-refractivity contribution in [3.63, 3.8) is 0 Å². The monoisotopic (exact) mass is 346 g/mol. The summed E-state index contributed by atoms with van der Waals surface area (Å²) < 4.78 is 5.95. The fourth-order valence-electron chi connectivity index (χ4n) is 2.74. The van der Waals surface area contributed by atoms with Gasteiger partial charge in [-0.1, -0.05) is 6.07 Å². The van der Waals surface area contributed by atoms with Crippen molar-refractivity contribution >= 4 is 23.1 Å². The van der Waals surface area contributed by atoms with Crippen molar-refractivity contribution in [2.75, 3.05) is 11.9 Å². The molecule has 2 aromatic rings. The molecule has 6 nitrogen and oxygen atoms in total. The van der Waals surface area contributed by atoms with Crippen molar-refractivity contribution in [3.05, 3.63) is 34.3 Å². The molecule has 0 spiro atoms. The van der Waals surface area contributed by atoms with Crippen molar-refractivity contribution in [2.45, 2.75) is 45.1 Å². The Hall–Kier alpha value is -2.15. The first-order valence-corrected chi connectivity index (χ1v) is 9.11. The Morgan fingerprint density at radius 3 is 2.92 bits per heavy atom. The van der Waals surface area contributed by atoms with E-state index in [0.29, 0.717) is 19.1 Å². The molecule has 0 unspecified atom stereocenters. The van der Waals surface area contributed by atoms with Crippen molar-refractivity contribution in [3.8, 4) is 5.75 Å². The quantitative estimate of drug-likeness (QED) is 0.839. The number of carbonyl (C=O) groups is 1. The van der Waals surface area contributed by atoms with Crippen LogP contribution >= 0.6 is 11.3 Å². The highest BCUT2D eigenvalue weighted by Crippen LogP contribution is 2.25. The lowest BCUT2D eigenvalue weighted by Crippen LogP contribution is -2.30. The normalized spacial score (nSPS) is 14.5. The topological polar surface area (TPSA) is 76.1 Å². The fourth-order valence-corrected chi connectivity index (χ4v) is 3.45. The minimum absolute atomic E-state index is 0.228. The molecule has 0 atom stereocenters.